The molecule has 0 aromatic heterocycles. The number of rotatable bonds is 15. The maximum absolute atomic E-state index is 13.7. The number of hydrogen-bond acceptors (Lipinski definition) is 7. The van der Waals surface area contributed by atoms with E-state index < -0.39 is 11.9 Å². The van der Waals surface area contributed by atoms with Gasteiger partial charge in [-0.05, 0) is 69.2 Å². The van der Waals surface area contributed by atoms with E-state index in [1.165, 1.54) is 5.57 Å². The Morgan fingerprint density at radius 1 is 1.20 bits per heavy atom. The van der Waals surface area contributed by atoms with Crippen LogP contribution in [0.25, 0.3) is 0 Å². The van der Waals surface area contributed by atoms with Crippen molar-refractivity contribution in [2.24, 2.45) is 17.1 Å². The number of carboxylic acids is 1. The first kappa shape index (κ1) is 31.7. The molecule has 2 aliphatic rings. The number of fused-ring (bicyclic) bond motifs is 1. The first-order chi connectivity index (χ1) is 19.0. The molecule has 1 saturated heterocycles. The Labute approximate surface area is 239 Å². The SMILES string of the molecule is CCCCN(CCCCN)C(=O)CN1C[C@H](c2cc(OC)c3c(c2)OCO3)[C@@H](C(=O)O)[C@@H]1CC(C)(C)C=C(C)C. The van der Waals surface area contributed by atoms with Crippen molar-refractivity contribution >= 4 is 11.9 Å². The summed E-state index contributed by atoms with van der Waals surface area (Å²) in [7, 11) is 1.57. The van der Waals surface area contributed by atoms with Crippen LogP contribution in [0.1, 0.15) is 78.2 Å². The molecule has 0 saturated carbocycles. The molecule has 9 heteroatoms. The maximum Gasteiger partial charge on any atom is 0.308 e. The maximum atomic E-state index is 13.7. The van der Waals surface area contributed by atoms with Crippen LogP contribution in [0.2, 0.25) is 0 Å². The van der Waals surface area contributed by atoms with E-state index >= 15 is 0 Å². The zero-order chi connectivity index (χ0) is 29.4. The second-order valence-electron chi connectivity index (χ2n) is 12.1. The molecule has 1 fully saturated rings. The Kier molecular flexibility index (Phi) is 11.3. The molecule has 1 aromatic carbocycles. The number of allylic oxidation sites excluding steroid dienone is 2. The summed E-state index contributed by atoms with van der Waals surface area (Å²) < 4.78 is 16.8. The summed E-state index contributed by atoms with van der Waals surface area (Å²) in [6, 6.07) is 3.40. The quantitative estimate of drug-likeness (QED) is 0.236. The fourth-order valence-corrected chi connectivity index (χ4v) is 6.26. The lowest BCUT2D eigenvalue weighted by molar-refractivity contribution is -0.144. The van der Waals surface area contributed by atoms with Crippen LogP contribution in [0.4, 0.5) is 0 Å². The summed E-state index contributed by atoms with van der Waals surface area (Å²) in [4.78, 5) is 30.7. The summed E-state index contributed by atoms with van der Waals surface area (Å²) in [6.45, 7) is 13.2. The summed E-state index contributed by atoms with van der Waals surface area (Å²) in [6.07, 6.45) is 6.47. The predicted molar refractivity (Wildman–Crippen MR) is 156 cm³/mol. The van der Waals surface area contributed by atoms with Gasteiger partial charge in [-0.25, -0.2) is 0 Å². The van der Waals surface area contributed by atoms with E-state index in [-0.39, 0.29) is 36.6 Å². The fourth-order valence-electron chi connectivity index (χ4n) is 6.26. The third kappa shape index (κ3) is 7.91. The van der Waals surface area contributed by atoms with Gasteiger partial charge < -0.3 is 30.0 Å². The van der Waals surface area contributed by atoms with E-state index in [0.29, 0.717) is 49.8 Å². The van der Waals surface area contributed by atoms with Crippen LogP contribution < -0.4 is 19.9 Å². The molecule has 3 N–H and O–H groups in total. The normalized spacial score (nSPS) is 20.4. The molecule has 3 atom stereocenters. The lowest BCUT2D eigenvalue weighted by Gasteiger charge is -2.34. The third-order valence-corrected chi connectivity index (χ3v) is 7.91. The van der Waals surface area contributed by atoms with Crippen molar-refractivity contribution in [1.29, 1.82) is 0 Å². The number of methoxy groups -OCH3 is 1. The standard InChI is InChI=1S/C31H49N3O6/c1-7-8-12-33(13-10-9-11-32)27(35)19-34-18-23(22-14-25(38-6)29-26(15-22)39-20-40-29)28(30(36)37)24(34)17-31(4,5)16-21(2)3/h14-16,23-24,28H,7-13,17-20,32H2,1-6H3,(H,36,37)/t23-,24+,28-/m1/s1. The molecule has 224 valence electrons. The number of carbonyl (C=O) groups excluding carboxylic acids is 1. The van der Waals surface area contributed by atoms with Crippen molar-refractivity contribution in [2.45, 2.75) is 78.7 Å². The fraction of sp³-hybridized carbons (Fsp3) is 0.677. The molecular weight excluding hydrogens is 510 g/mol. The molecule has 0 bridgehead atoms. The minimum absolute atomic E-state index is 0.0450. The number of hydrogen-bond donors (Lipinski definition) is 2. The topological polar surface area (TPSA) is 115 Å². The van der Waals surface area contributed by atoms with E-state index in [9.17, 15) is 14.7 Å². The highest BCUT2D eigenvalue weighted by Gasteiger charge is 2.49. The van der Waals surface area contributed by atoms with E-state index in [1.807, 2.05) is 17.0 Å². The summed E-state index contributed by atoms with van der Waals surface area (Å²) in [5.41, 5.74) is 7.46. The predicted octanol–water partition coefficient (Wildman–Crippen LogP) is 4.64. The van der Waals surface area contributed by atoms with Crippen molar-refractivity contribution in [2.75, 3.05) is 46.6 Å². The van der Waals surface area contributed by atoms with Crippen LogP contribution in [-0.4, -0.2) is 79.5 Å². The molecule has 40 heavy (non-hydrogen) atoms. The van der Waals surface area contributed by atoms with Crippen molar-refractivity contribution in [3.8, 4) is 17.2 Å². The van der Waals surface area contributed by atoms with E-state index in [4.69, 9.17) is 19.9 Å². The van der Waals surface area contributed by atoms with Crippen LogP contribution in [0.3, 0.4) is 0 Å². The highest BCUT2D eigenvalue weighted by Crippen LogP contribution is 2.48. The van der Waals surface area contributed by atoms with Crippen LogP contribution in [0.5, 0.6) is 17.2 Å². The number of carboxylic acid groups (broad SMARTS) is 1. The van der Waals surface area contributed by atoms with Gasteiger partial charge in [0.15, 0.2) is 11.5 Å². The Balaban J connectivity index is 1.98. The minimum Gasteiger partial charge on any atom is -0.493 e. The molecule has 1 aromatic rings. The smallest absolute Gasteiger partial charge is 0.308 e. The first-order valence-corrected chi connectivity index (χ1v) is 14.6. The van der Waals surface area contributed by atoms with Crippen LogP contribution in [0.15, 0.2) is 23.8 Å². The first-order valence-electron chi connectivity index (χ1n) is 14.6. The molecule has 9 nitrogen and oxygen atoms in total. The molecular formula is C31H49N3O6. The number of unbranched alkanes of at least 4 members (excludes halogenated alkanes) is 2. The summed E-state index contributed by atoms with van der Waals surface area (Å²) in [5, 5.41) is 10.6. The van der Waals surface area contributed by atoms with Crippen LogP contribution in [0, 0.1) is 11.3 Å². The average Bonchev–Trinajstić information content (AvgIpc) is 3.49. The lowest BCUT2D eigenvalue weighted by Crippen LogP contribution is -2.46. The Morgan fingerprint density at radius 2 is 1.93 bits per heavy atom. The van der Waals surface area contributed by atoms with Gasteiger partial charge >= 0.3 is 5.97 Å². The van der Waals surface area contributed by atoms with E-state index in [2.05, 4.69) is 45.6 Å². The number of amides is 1. The second-order valence-corrected chi connectivity index (χ2v) is 12.1. The molecule has 3 rings (SSSR count). The number of carbonyl (C=O) groups is 2. The largest absolute Gasteiger partial charge is 0.493 e. The van der Waals surface area contributed by atoms with Crippen LogP contribution >= 0.6 is 0 Å². The molecule has 2 heterocycles. The summed E-state index contributed by atoms with van der Waals surface area (Å²) >= 11 is 0. The molecule has 0 radical (unpaired) electrons. The van der Waals surface area contributed by atoms with Gasteiger partial charge in [0.25, 0.3) is 0 Å². The lowest BCUT2D eigenvalue weighted by atomic mass is 9.77. The second kappa shape index (κ2) is 14.2. The van der Waals surface area contributed by atoms with Crippen LogP contribution in [-0.2, 0) is 9.59 Å². The van der Waals surface area contributed by atoms with E-state index in [1.54, 1.807) is 7.11 Å². The summed E-state index contributed by atoms with van der Waals surface area (Å²) in [5.74, 6) is -0.250. The van der Waals surface area contributed by atoms with Crippen molar-refractivity contribution < 1.29 is 28.9 Å². The highest BCUT2D eigenvalue weighted by molar-refractivity contribution is 5.79. The third-order valence-electron chi connectivity index (χ3n) is 7.91. The number of aliphatic carboxylic acids is 1. The number of likely N-dealkylation sites (tertiary alicyclic amines) is 1. The average molecular weight is 560 g/mol. The highest BCUT2D eigenvalue weighted by atomic mass is 16.7. The van der Waals surface area contributed by atoms with Crippen molar-refractivity contribution in [3.63, 3.8) is 0 Å². The number of nitrogens with two attached hydrogens (primary N) is 1. The Hall–Kier alpha value is -2.78. The number of ether oxygens (including phenoxy) is 3. The Bertz CT molecular complexity index is 1050. The molecule has 1 amide bonds. The molecule has 0 unspecified atom stereocenters. The number of nitrogens with zero attached hydrogens (tertiary/aromatic N) is 2. The van der Waals surface area contributed by atoms with Crippen molar-refractivity contribution in [1.82, 2.24) is 9.80 Å². The van der Waals surface area contributed by atoms with Gasteiger partial charge in [0.2, 0.25) is 18.4 Å². The van der Waals surface area contributed by atoms with Gasteiger partial charge in [-0.3, -0.25) is 14.5 Å². The molecule has 0 spiro atoms. The Morgan fingerprint density at radius 3 is 2.55 bits per heavy atom. The van der Waals surface area contributed by atoms with E-state index in [0.717, 1.165) is 31.2 Å². The van der Waals surface area contributed by atoms with Crippen molar-refractivity contribution in [3.05, 3.63) is 29.3 Å². The van der Waals surface area contributed by atoms with Gasteiger partial charge in [0, 0.05) is 31.6 Å². The minimum atomic E-state index is -0.861. The molecule has 2 aliphatic heterocycles. The monoisotopic (exact) mass is 559 g/mol. The zero-order valence-corrected chi connectivity index (χ0v) is 25.2. The van der Waals surface area contributed by atoms with Gasteiger partial charge in [0.05, 0.1) is 19.6 Å². The molecule has 0 aliphatic carbocycles. The van der Waals surface area contributed by atoms with Gasteiger partial charge in [-0.1, -0.05) is 38.8 Å². The van der Waals surface area contributed by atoms with Gasteiger partial charge in [-0.15, -0.1) is 0 Å². The zero-order valence-electron chi connectivity index (χ0n) is 25.2. The van der Waals surface area contributed by atoms with Gasteiger partial charge in [0.1, 0.15) is 0 Å². The van der Waals surface area contributed by atoms with Gasteiger partial charge in [-0.2, -0.15) is 0 Å². The number of benzene rings is 1.